The first kappa shape index (κ1) is 17.6. The van der Waals surface area contributed by atoms with E-state index in [9.17, 15) is 4.79 Å². The lowest BCUT2D eigenvalue weighted by Gasteiger charge is -2.09. The summed E-state index contributed by atoms with van der Waals surface area (Å²) < 4.78 is 0. The number of aromatic nitrogens is 2. The predicted molar refractivity (Wildman–Crippen MR) is 105 cm³/mol. The first-order valence-electron chi connectivity index (χ1n) is 8.46. The van der Waals surface area contributed by atoms with Crippen LogP contribution in [0.15, 0.2) is 48.8 Å². The van der Waals surface area contributed by atoms with E-state index < -0.39 is 0 Å². The summed E-state index contributed by atoms with van der Waals surface area (Å²) in [5, 5.41) is 6.05. The molecule has 3 aromatic rings. The van der Waals surface area contributed by atoms with Crippen molar-refractivity contribution in [3.63, 3.8) is 0 Å². The second-order valence-electron chi connectivity index (χ2n) is 6.63. The van der Waals surface area contributed by atoms with Crippen molar-refractivity contribution in [1.82, 2.24) is 9.97 Å². The first-order chi connectivity index (χ1) is 12.4. The van der Waals surface area contributed by atoms with E-state index in [2.05, 4.69) is 32.7 Å². The molecule has 2 N–H and O–H groups in total. The van der Waals surface area contributed by atoms with E-state index in [0.29, 0.717) is 11.5 Å². The fraction of sp³-hybridized carbons (Fsp3) is 0.190. The normalized spacial score (nSPS) is 10.5. The number of rotatable bonds is 4. The summed E-state index contributed by atoms with van der Waals surface area (Å²) in [7, 11) is 0. The number of benzene rings is 2. The lowest BCUT2D eigenvalue weighted by molar-refractivity contribution is 0.102. The fourth-order valence-electron chi connectivity index (χ4n) is 2.94. The van der Waals surface area contributed by atoms with E-state index >= 15 is 0 Å². The zero-order chi connectivity index (χ0) is 18.7. The van der Waals surface area contributed by atoms with Crippen LogP contribution in [0.3, 0.4) is 0 Å². The summed E-state index contributed by atoms with van der Waals surface area (Å²) in [5.74, 6) is 0.228. The van der Waals surface area contributed by atoms with Crippen molar-refractivity contribution < 1.29 is 4.79 Å². The van der Waals surface area contributed by atoms with Crippen molar-refractivity contribution in [1.29, 1.82) is 0 Å². The molecule has 1 aromatic heterocycles. The van der Waals surface area contributed by atoms with Crippen molar-refractivity contribution in [3.05, 3.63) is 76.6 Å². The molecule has 0 atom stereocenters. The van der Waals surface area contributed by atoms with Gasteiger partial charge < -0.3 is 10.6 Å². The minimum Gasteiger partial charge on any atom is -0.324 e. The Morgan fingerprint density at radius 3 is 1.69 bits per heavy atom. The molecule has 0 aliphatic heterocycles. The van der Waals surface area contributed by atoms with Gasteiger partial charge in [-0.05, 0) is 74.2 Å². The van der Waals surface area contributed by atoms with Gasteiger partial charge in [0.05, 0.1) is 5.56 Å². The SMILES string of the molecule is Cc1cc(C)cc(NC(=O)c2cnc(Nc3cc(C)cc(C)c3)nc2)c1. The van der Waals surface area contributed by atoms with Crippen molar-refractivity contribution in [2.75, 3.05) is 10.6 Å². The van der Waals surface area contributed by atoms with Gasteiger partial charge in [0, 0.05) is 23.8 Å². The smallest absolute Gasteiger partial charge is 0.258 e. The second kappa shape index (κ2) is 7.35. The molecule has 132 valence electrons. The number of hydrogen-bond acceptors (Lipinski definition) is 4. The summed E-state index contributed by atoms with van der Waals surface area (Å²) in [6.45, 7) is 8.08. The van der Waals surface area contributed by atoms with Crippen LogP contribution in [0.25, 0.3) is 0 Å². The highest BCUT2D eigenvalue weighted by atomic mass is 16.1. The summed E-state index contributed by atoms with van der Waals surface area (Å²) in [4.78, 5) is 20.9. The number of hydrogen-bond donors (Lipinski definition) is 2. The summed E-state index contributed by atoms with van der Waals surface area (Å²) in [6, 6.07) is 12.1. The Kier molecular flexibility index (Phi) is 4.98. The summed E-state index contributed by atoms with van der Waals surface area (Å²) in [5.41, 5.74) is 6.64. The third-order valence-electron chi connectivity index (χ3n) is 3.87. The van der Waals surface area contributed by atoms with Gasteiger partial charge in [0.1, 0.15) is 0 Å². The lowest BCUT2D eigenvalue weighted by atomic mass is 10.1. The first-order valence-corrected chi connectivity index (χ1v) is 8.46. The predicted octanol–water partition coefficient (Wildman–Crippen LogP) is 4.71. The van der Waals surface area contributed by atoms with Crippen LogP contribution in [0.1, 0.15) is 32.6 Å². The topological polar surface area (TPSA) is 66.9 Å². The summed E-state index contributed by atoms with van der Waals surface area (Å²) >= 11 is 0. The maximum Gasteiger partial charge on any atom is 0.258 e. The number of nitrogens with zero attached hydrogens (tertiary/aromatic N) is 2. The van der Waals surface area contributed by atoms with E-state index in [1.165, 1.54) is 12.4 Å². The van der Waals surface area contributed by atoms with Gasteiger partial charge in [0.2, 0.25) is 5.95 Å². The summed E-state index contributed by atoms with van der Waals surface area (Å²) in [6.07, 6.45) is 3.05. The minimum atomic E-state index is -0.229. The average Bonchev–Trinajstić information content (AvgIpc) is 2.53. The molecule has 0 radical (unpaired) electrons. The maximum absolute atomic E-state index is 12.4. The van der Waals surface area contributed by atoms with Gasteiger partial charge in [-0.1, -0.05) is 12.1 Å². The van der Waals surface area contributed by atoms with Crippen LogP contribution in [0.2, 0.25) is 0 Å². The van der Waals surface area contributed by atoms with Gasteiger partial charge in [0.25, 0.3) is 5.91 Å². The molecule has 0 saturated carbocycles. The molecule has 5 nitrogen and oxygen atoms in total. The molecule has 0 fully saturated rings. The molecule has 5 heteroatoms. The number of aryl methyl sites for hydroxylation is 4. The highest BCUT2D eigenvalue weighted by molar-refractivity contribution is 6.04. The van der Waals surface area contributed by atoms with Gasteiger partial charge in [-0.25, -0.2) is 9.97 Å². The molecular weight excluding hydrogens is 324 g/mol. The zero-order valence-electron chi connectivity index (χ0n) is 15.4. The minimum absolute atomic E-state index is 0.229. The van der Waals surface area contributed by atoms with Crippen molar-refractivity contribution in [3.8, 4) is 0 Å². The van der Waals surface area contributed by atoms with Crippen LogP contribution in [0.5, 0.6) is 0 Å². The van der Waals surface area contributed by atoms with E-state index in [1.807, 2.05) is 52.0 Å². The van der Waals surface area contributed by atoms with Crippen LogP contribution in [0.4, 0.5) is 17.3 Å². The quantitative estimate of drug-likeness (QED) is 0.718. The van der Waals surface area contributed by atoms with Crippen LogP contribution in [-0.4, -0.2) is 15.9 Å². The fourth-order valence-corrected chi connectivity index (χ4v) is 2.94. The third kappa shape index (κ3) is 4.45. The molecule has 26 heavy (non-hydrogen) atoms. The van der Waals surface area contributed by atoms with Crippen LogP contribution < -0.4 is 10.6 Å². The van der Waals surface area contributed by atoms with Crippen LogP contribution >= 0.6 is 0 Å². The molecule has 0 aliphatic carbocycles. The maximum atomic E-state index is 12.4. The Bertz CT molecular complexity index is 908. The Morgan fingerprint density at radius 2 is 1.19 bits per heavy atom. The molecule has 0 spiro atoms. The third-order valence-corrected chi connectivity index (χ3v) is 3.87. The van der Waals surface area contributed by atoms with Crippen molar-refractivity contribution in [2.24, 2.45) is 0 Å². The standard InChI is InChI=1S/C21H22N4O/c1-13-5-14(2)8-18(7-13)24-20(26)17-11-22-21(23-12-17)25-19-9-15(3)6-16(4)10-19/h5-12H,1-4H3,(H,24,26)(H,22,23,25). The Balaban J connectivity index is 1.71. The molecule has 0 aliphatic rings. The van der Waals surface area contributed by atoms with Crippen molar-refractivity contribution in [2.45, 2.75) is 27.7 Å². The number of amides is 1. The van der Waals surface area contributed by atoms with E-state index in [4.69, 9.17) is 0 Å². The number of carbonyl (C=O) groups is 1. The molecule has 2 aromatic carbocycles. The second-order valence-corrected chi connectivity index (χ2v) is 6.63. The number of carbonyl (C=O) groups excluding carboxylic acids is 1. The number of nitrogens with one attached hydrogen (secondary N) is 2. The van der Waals surface area contributed by atoms with Crippen LogP contribution in [0, 0.1) is 27.7 Å². The highest BCUT2D eigenvalue weighted by Crippen LogP contribution is 2.18. The number of anilines is 3. The van der Waals surface area contributed by atoms with E-state index in [-0.39, 0.29) is 5.91 Å². The largest absolute Gasteiger partial charge is 0.324 e. The molecule has 3 rings (SSSR count). The molecule has 0 saturated heterocycles. The molecule has 0 bridgehead atoms. The van der Waals surface area contributed by atoms with Gasteiger partial charge in [-0.3, -0.25) is 4.79 Å². The van der Waals surface area contributed by atoms with Gasteiger partial charge in [-0.15, -0.1) is 0 Å². The van der Waals surface area contributed by atoms with Crippen LogP contribution in [-0.2, 0) is 0 Å². The molecule has 1 amide bonds. The molecular formula is C21H22N4O. The molecule has 1 heterocycles. The van der Waals surface area contributed by atoms with E-state index in [1.54, 1.807) is 0 Å². The monoisotopic (exact) mass is 346 g/mol. The Morgan fingerprint density at radius 1 is 0.731 bits per heavy atom. The van der Waals surface area contributed by atoms with Gasteiger partial charge in [-0.2, -0.15) is 0 Å². The van der Waals surface area contributed by atoms with Gasteiger partial charge in [0.15, 0.2) is 0 Å². The highest BCUT2D eigenvalue weighted by Gasteiger charge is 2.09. The van der Waals surface area contributed by atoms with Crippen molar-refractivity contribution >= 4 is 23.2 Å². The Hall–Kier alpha value is -3.21. The Labute approximate surface area is 153 Å². The van der Waals surface area contributed by atoms with E-state index in [0.717, 1.165) is 33.6 Å². The molecule has 0 unspecified atom stereocenters. The average molecular weight is 346 g/mol. The lowest BCUT2D eigenvalue weighted by Crippen LogP contribution is -2.13. The zero-order valence-corrected chi connectivity index (χ0v) is 15.4. The van der Waals surface area contributed by atoms with Gasteiger partial charge >= 0.3 is 0 Å².